The van der Waals surface area contributed by atoms with Crippen LogP contribution in [0.25, 0.3) is 6.08 Å². The van der Waals surface area contributed by atoms with Gasteiger partial charge in [0.1, 0.15) is 11.5 Å². The number of esters is 1. The third-order valence-corrected chi connectivity index (χ3v) is 8.12. The fraction of sp³-hybridized carbons (Fsp3) is 0.269. The number of fused-ring (bicyclic) bond motifs is 1. The van der Waals surface area contributed by atoms with Crippen LogP contribution in [0, 0.1) is 7.14 Å². The molecular formula is C26H24I2N2O5S. The zero-order chi connectivity index (χ0) is 26.1. The van der Waals surface area contributed by atoms with Gasteiger partial charge in [0.15, 0.2) is 4.80 Å². The second-order valence-corrected chi connectivity index (χ2v) is 11.7. The summed E-state index contributed by atoms with van der Waals surface area (Å²) in [6, 6.07) is 10.6. The maximum absolute atomic E-state index is 13.8. The monoisotopic (exact) mass is 730 g/mol. The lowest BCUT2D eigenvalue weighted by Crippen LogP contribution is -2.40. The Morgan fingerprint density at radius 3 is 2.31 bits per heavy atom. The van der Waals surface area contributed by atoms with Gasteiger partial charge in [0.2, 0.25) is 0 Å². The number of nitrogens with zero attached hydrogens (tertiary/aromatic N) is 2. The van der Waals surface area contributed by atoms with Gasteiger partial charge >= 0.3 is 5.97 Å². The average Bonchev–Trinajstić information content (AvgIpc) is 3.12. The van der Waals surface area contributed by atoms with E-state index < -0.39 is 12.0 Å². The molecule has 1 aliphatic rings. The summed E-state index contributed by atoms with van der Waals surface area (Å²) in [5.41, 5.74) is 2.31. The van der Waals surface area contributed by atoms with Gasteiger partial charge in [-0.05, 0) is 107 Å². The van der Waals surface area contributed by atoms with E-state index in [1.165, 1.54) is 11.3 Å². The first-order valence-corrected chi connectivity index (χ1v) is 14.0. The van der Waals surface area contributed by atoms with Crippen molar-refractivity contribution in [2.75, 3.05) is 14.2 Å². The highest BCUT2D eigenvalue weighted by atomic mass is 127. The van der Waals surface area contributed by atoms with Crippen LogP contribution < -0.4 is 24.4 Å². The van der Waals surface area contributed by atoms with Crippen molar-refractivity contribution < 1.29 is 19.0 Å². The van der Waals surface area contributed by atoms with E-state index in [4.69, 9.17) is 14.2 Å². The fourth-order valence-corrected chi connectivity index (χ4v) is 7.27. The van der Waals surface area contributed by atoms with Crippen LogP contribution in [0.1, 0.15) is 37.9 Å². The highest BCUT2D eigenvalue weighted by Gasteiger charge is 2.33. The maximum atomic E-state index is 13.8. The number of benzene rings is 2. The molecule has 0 saturated carbocycles. The number of allylic oxidation sites excluding steroid dienone is 1. The van der Waals surface area contributed by atoms with E-state index in [1.54, 1.807) is 39.6 Å². The molecule has 7 nitrogen and oxygen atoms in total. The molecule has 0 saturated heterocycles. The van der Waals surface area contributed by atoms with E-state index in [-0.39, 0.29) is 11.7 Å². The van der Waals surface area contributed by atoms with E-state index in [2.05, 4.69) is 50.2 Å². The second kappa shape index (κ2) is 11.1. The number of methoxy groups -OCH3 is 2. The number of aromatic nitrogens is 1. The van der Waals surface area contributed by atoms with E-state index >= 15 is 0 Å². The zero-order valence-electron chi connectivity index (χ0n) is 20.3. The van der Waals surface area contributed by atoms with Crippen LogP contribution in [-0.4, -0.2) is 30.9 Å². The largest absolute Gasteiger partial charge is 0.497 e. The van der Waals surface area contributed by atoms with Crippen LogP contribution in [0.5, 0.6) is 11.5 Å². The molecule has 10 heteroatoms. The minimum atomic E-state index is -0.670. The molecule has 2 aromatic carbocycles. The summed E-state index contributed by atoms with van der Waals surface area (Å²) in [7, 11) is 3.23. The Labute approximate surface area is 239 Å². The molecule has 1 aromatic heterocycles. The van der Waals surface area contributed by atoms with Crippen molar-refractivity contribution in [3.63, 3.8) is 0 Å². The molecule has 36 heavy (non-hydrogen) atoms. The van der Waals surface area contributed by atoms with Gasteiger partial charge < -0.3 is 14.2 Å². The molecule has 4 rings (SSSR count). The first-order chi connectivity index (χ1) is 17.1. The zero-order valence-corrected chi connectivity index (χ0v) is 25.4. The fourth-order valence-electron chi connectivity index (χ4n) is 3.97. The highest BCUT2D eigenvalue weighted by molar-refractivity contribution is 14.1. The minimum Gasteiger partial charge on any atom is -0.497 e. The lowest BCUT2D eigenvalue weighted by atomic mass is 9.96. The van der Waals surface area contributed by atoms with Gasteiger partial charge in [-0.15, -0.1) is 0 Å². The summed E-state index contributed by atoms with van der Waals surface area (Å²) in [6.45, 7) is 5.37. The summed E-state index contributed by atoms with van der Waals surface area (Å²) >= 11 is 5.74. The van der Waals surface area contributed by atoms with Gasteiger partial charge in [-0.1, -0.05) is 23.5 Å². The van der Waals surface area contributed by atoms with E-state index in [0.717, 1.165) is 24.0 Å². The van der Waals surface area contributed by atoms with Crippen LogP contribution in [0.4, 0.5) is 0 Å². The smallest absolute Gasteiger partial charge is 0.338 e. The third kappa shape index (κ3) is 5.25. The Morgan fingerprint density at radius 2 is 1.75 bits per heavy atom. The minimum absolute atomic E-state index is 0.220. The summed E-state index contributed by atoms with van der Waals surface area (Å²) in [5.74, 6) is 1.00. The van der Waals surface area contributed by atoms with Gasteiger partial charge in [0.05, 0.1) is 49.3 Å². The molecule has 1 unspecified atom stereocenters. The van der Waals surface area contributed by atoms with Crippen LogP contribution in [0.3, 0.4) is 0 Å². The summed E-state index contributed by atoms with van der Waals surface area (Å²) in [4.78, 5) is 32.1. The number of halogens is 2. The third-order valence-electron chi connectivity index (χ3n) is 5.54. The molecule has 0 amide bonds. The van der Waals surface area contributed by atoms with Crippen molar-refractivity contribution in [1.82, 2.24) is 4.57 Å². The van der Waals surface area contributed by atoms with E-state index in [1.807, 2.05) is 42.5 Å². The van der Waals surface area contributed by atoms with Crippen molar-refractivity contribution in [2.45, 2.75) is 32.9 Å². The highest BCUT2D eigenvalue weighted by Crippen LogP contribution is 2.32. The molecule has 0 spiro atoms. The predicted octanol–water partition coefficient (Wildman–Crippen LogP) is 4.41. The van der Waals surface area contributed by atoms with Crippen molar-refractivity contribution in [3.05, 3.63) is 85.6 Å². The molecular weight excluding hydrogens is 706 g/mol. The van der Waals surface area contributed by atoms with Crippen molar-refractivity contribution in [1.29, 1.82) is 0 Å². The Bertz CT molecular complexity index is 1510. The van der Waals surface area contributed by atoms with Gasteiger partial charge in [-0.3, -0.25) is 9.36 Å². The van der Waals surface area contributed by atoms with Gasteiger partial charge in [0.25, 0.3) is 5.56 Å². The van der Waals surface area contributed by atoms with E-state index in [0.29, 0.717) is 26.4 Å². The number of rotatable bonds is 6. The molecule has 188 valence electrons. The Kier molecular flexibility index (Phi) is 8.25. The number of ether oxygens (including phenoxy) is 3. The molecule has 1 atom stereocenters. The Balaban J connectivity index is 1.93. The molecule has 2 heterocycles. The molecule has 1 aliphatic heterocycles. The van der Waals surface area contributed by atoms with Crippen molar-refractivity contribution >= 4 is 68.6 Å². The second-order valence-electron chi connectivity index (χ2n) is 8.33. The maximum Gasteiger partial charge on any atom is 0.338 e. The van der Waals surface area contributed by atoms with Crippen molar-refractivity contribution in [3.8, 4) is 11.5 Å². The summed E-state index contributed by atoms with van der Waals surface area (Å²) in [6.07, 6.45) is 1.54. The lowest BCUT2D eigenvalue weighted by molar-refractivity contribution is -0.143. The van der Waals surface area contributed by atoms with Crippen molar-refractivity contribution in [2.24, 2.45) is 4.99 Å². The van der Waals surface area contributed by atoms with E-state index in [9.17, 15) is 9.59 Å². The van der Waals surface area contributed by atoms with Crippen LogP contribution in [-0.2, 0) is 9.53 Å². The quantitative estimate of drug-likeness (QED) is 0.278. The SMILES string of the molecule is COc1ccc(C2C(C(=O)OC(C)C)=C(C)N=c3s/c(=C\c4cc(I)c(OC)c(I)c4)c(=O)n32)cc1. The van der Waals surface area contributed by atoms with Crippen LogP contribution in [0.15, 0.2) is 57.5 Å². The normalized spacial score (nSPS) is 15.6. The molecule has 0 bridgehead atoms. The van der Waals surface area contributed by atoms with Crippen LogP contribution >= 0.6 is 56.5 Å². The topological polar surface area (TPSA) is 79.1 Å². The van der Waals surface area contributed by atoms with Crippen LogP contribution in [0.2, 0.25) is 0 Å². The average molecular weight is 730 g/mol. The number of hydrogen-bond donors (Lipinski definition) is 0. The summed E-state index contributed by atoms with van der Waals surface area (Å²) < 4.78 is 20.3. The molecule has 0 radical (unpaired) electrons. The molecule has 0 fully saturated rings. The molecule has 0 aliphatic carbocycles. The first kappa shape index (κ1) is 26.9. The number of thiazole rings is 1. The Morgan fingerprint density at radius 1 is 1.11 bits per heavy atom. The van der Waals surface area contributed by atoms with Gasteiger partial charge in [0, 0.05) is 0 Å². The first-order valence-electron chi connectivity index (χ1n) is 11.0. The number of carbonyl (C=O) groups is 1. The summed E-state index contributed by atoms with van der Waals surface area (Å²) in [5, 5.41) is 0. The lowest BCUT2D eigenvalue weighted by Gasteiger charge is -2.25. The molecule has 0 N–H and O–H groups in total. The van der Waals surface area contributed by atoms with Gasteiger partial charge in [-0.25, -0.2) is 9.79 Å². The van der Waals surface area contributed by atoms with Gasteiger partial charge in [-0.2, -0.15) is 0 Å². The predicted molar refractivity (Wildman–Crippen MR) is 156 cm³/mol. The molecule has 3 aromatic rings. The Hall–Kier alpha value is -2.19. The number of hydrogen-bond acceptors (Lipinski definition) is 7. The number of carbonyl (C=O) groups excluding carboxylic acids is 1. The standard InChI is InChI=1S/C26H24I2N2O5S/c1-13(2)35-25(32)21-14(3)29-26-30(22(21)16-6-8-17(33-4)9-7-16)24(31)20(36-26)12-15-10-18(27)23(34-5)19(28)11-15/h6-13,22H,1-5H3/b20-12-.